The molecule has 1 aliphatic carbocycles. The van der Waals surface area contributed by atoms with Crippen molar-refractivity contribution in [2.24, 2.45) is 0 Å². The number of nitrogens with one attached hydrogen (secondary N) is 1. The highest BCUT2D eigenvalue weighted by atomic mass is 32.1. The van der Waals surface area contributed by atoms with Gasteiger partial charge >= 0.3 is 0 Å². The first kappa shape index (κ1) is 11.0. The zero-order valence-electron chi connectivity index (χ0n) is 9.03. The van der Waals surface area contributed by atoms with Crippen molar-refractivity contribution in [3.8, 4) is 0 Å². The predicted molar refractivity (Wildman–Crippen MR) is 60.2 cm³/mol. The first-order chi connectivity index (χ1) is 7.38. The van der Waals surface area contributed by atoms with Crippen molar-refractivity contribution in [2.75, 3.05) is 20.3 Å². The fourth-order valence-corrected chi connectivity index (χ4v) is 2.18. The number of hydrogen-bond acceptors (Lipinski definition) is 5. The minimum absolute atomic E-state index is 0.731. The molecule has 1 heterocycles. The molecule has 0 amide bonds. The minimum atomic E-state index is 0.731. The van der Waals surface area contributed by atoms with Crippen LogP contribution in [0.4, 0.5) is 0 Å². The normalized spacial score (nSPS) is 15.8. The summed E-state index contributed by atoms with van der Waals surface area (Å²) >= 11 is 1.70. The van der Waals surface area contributed by atoms with Crippen LogP contribution < -0.4 is 5.32 Å². The third-order valence-corrected chi connectivity index (χ3v) is 3.42. The summed E-state index contributed by atoms with van der Waals surface area (Å²) in [7, 11) is 1.71. The van der Waals surface area contributed by atoms with Gasteiger partial charge in [-0.2, -0.15) is 0 Å². The molecule has 0 aliphatic heterocycles. The molecule has 0 atom stereocenters. The molecule has 1 saturated carbocycles. The molecule has 15 heavy (non-hydrogen) atoms. The largest absolute Gasteiger partial charge is 0.384 e. The molecule has 4 nitrogen and oxygen atoms in total. The SMILES string of the molecule is COCCc1nnc(CCNC2CC2)s1. The van der Waals surface area contributed by atoms with Gasteiger partial charge in [-0.05, 0) is 12.8 Å². The van der Waals surface area contributed by atoms with Crippen LogP contribution in [0, 0.1) is 0 Å². The number of rotatable bonds is 7. The molecule has 0 spiro atoms. The van der Waals surface area contributed by atoms with E-state index in [2.05, 4.69) is 15.5 Å². The fourth-order valence-electron chi connectivity index (χ4n) is 1.35. The summed E-state index contributed by atoms with van der Waals surface area (Å²) < 4.78 is 5.00. The maximum atomic E-state index is 5.00. The standard InChI is InChI=1S/C10H17N3OS/c1-14-7-5-10-13-12-9(15-10)4-6-11-8-2-3-8/h8,11H,2-7H2,1H3. The van der Waals surface area contributed by atoms with Gasteiger partial charge in [0, 0.05) is 32.5 Å². The summed E-state index contributed by atoms with van der Waals surface area (Å²) in [5.74, 6) is 0. The second-order valence-corrected chi connectivity index (χ2v) is 4.96. The van der Waals surface area contributed by atoms with Gasteiger partial charge in [-0.3, -0.25) is 0 Å². The summed E-state index contributed by atoms with van der Waals surface area (Å²) in [4.78, 5) is 0. The van der Waals surface area contributed by atoms with Crippen molar-refractivity contribution in [2.45, 2.75) is 31.7 Å². The Morgan fingerprint density at radius 1 is 1.33 bits per heavy atom. The van der Waals surface area contributed by atoms with E-state index in [4.69, 9.17) is 4.74 Å². The van der Waals surface area contributed by atoms with Gasteiger partial charge in [-0.25, -0.2) is 0 Å². The van der Waals surface area contributed by atoms with Crippen LogP contribution in [0.25, 0.3) is 0 Å². The van der Waals surface area contributed by atoms with Crippen molar-refractivity contribution < 1.29 is 4.74 Å². The van der Waals surface area contributed by atoms with Crippen LogP contribution >= 0.6 is 11.3 Å². The lowest BCUT2D eigenvalue weighted by molar-refractivity contribution is 0.202. The molecule has 2 rings (SSSR count). The van der Waals surface area contributed by atoms with E-state index in [1.807, 2.05) is 0 Å². The molecular weight excluding hydrogens is 210 g/mol. The van der Waals surface area contributed by atoms with E-state index in [1.165, 1.54) is 12.8 Å². The topological polar surface area (TPSA) is 47.0 Å². The molecule has 0 unspecified atom stereocenters. The van der Waals surface area contributed by atoms with Crippen LogP contribution in [0.5, 0.6) is 0 Å². The monoisotopic (exact) mass is 227 g/mol. The molecule has 0 aromatic carbocycles. The summed E-state index contributed by atoms with van der Waals surface area (Å²) in [5.41, 5.74) is 0. The van der Waals surface area contributed by atoms with Gasteiger partial charge in [0.2, 0.25) is 0 Å². The molecule has 1 aliphatic rings. The second-order valence-electron chi connectivity index (χ2n) is 3.81. The fraction of sp³-hybridized carbons (Fsp3) is 0.800. The lowest BCUT2D eigenvalue weighted by Crippen LogP contribution is -2.19. The average molecular weight is 227 g/mol. The quantitative estimate of drug-likeness (QED) is 0.755. The van der Waals surface area contributed by atoms with E-state index in [9.17, 15) is 0 Å². The van der Waals surface area contributed by atoms with Crippen molar-refractivity contribution in [1.82, 2.24) is 15.5 Å². The Bertz CT molecular complexity index is 299. The lowest BCUT2D eigenvalue weighted by Gasteiger charge is -1.97. The molecule has 1 aromatic rings. The third kappa shape index (κ3) is 3.85. The van der Waals surface area contributed by atoms with E-state index in [1.54, 1.807) is 18.4 Å². The molecule has 0 radical (unpaired) electrons. The molecule has 1 fully saturated rings. The molecule has 5 heteroatoms. The van der Waals surface area contributed by atoms with Crippen LogP contribution in [0.15, 0.2) is 0 Å². The van der Waals surface area contributed by atoms with E-state index in [-0.39, 0.29) is 0 Å². The number of nitrogens with zero attached hydrogens (tertiary/aromatic N) is 2. The number of ether oxygens (including phenoxy) is 1. The zero-order chi connectivity index (χ0) is 10.5. The Morgan fingerprint density at radius 2 is 2.07 bits per heavy atom. The average Bonchev–Trinajstić information content (AvgIpc) is 2.95. The van der Waals surface area contributed by atoms with Crippen LogP contribution in [-0.2, 0) is 17.6 Å². The van der Waals surface area contributed by atoms with Gasteiger partial charge < -0.3 is 10.1 Å². The van der Waals surface area contributed by atoms with Crippen molar-refractivity contribution in [3.63, 3.8) is 0 Å². The molecule has 1 aromatic heterocycles. The van der Waals surface area contributed by atoms with Gasteiger partial charge in [-0.1, -0.05) is 0 Å². The van der Waals surface area contributed by atoms with E-state index in [0.717, 1.165) is 42.1 Å². The smallest absolute Gasteiger partial charge is 0.119 e. The highest BCUT2D eigenvalue weighted by Crippen LogP contribution is 2.18. The second kappa shape index (κ2) is 5.53. The van der Waals surface area contributed by atoms with Crippen molar-refractivity contribution >= 4 is 11.3 Å². The number of aromatic nitrogens is 2. The van der Waals surface area contributed by atoms with Crippen molar-refractivity contribution in [3.05, 3.63) is 10.0 Å². The Labute approximate surface area is 94.1 Å². The maximum Gasteiger partial charge on any atom is 0.119 e. The number of hydrogen-bond donors (Lipinski definition) is 1. The Morgan fingerprint density at radius 3 is 2.73 bits per heavy atom. The third-order valence-electron chi connectivity index (χ3n) is 2.38. The van der Waals surface area contributed by atoms with Gasteiger partial charge in [0.05, 0.1) is 6.61 Å². The summed E-state index contributed by atoms with van der Waals surface area (Å²) in [6.07, 6.45) is 4.57. The van der Waals surface area contributed by atoms with E-state index < -0.39 is 0 Å². The lowest BCUT2D eigenvalue weighted by atomic mass is 10.4. The Hall–Kier alpha value is -0.520. The highest BCUT2D eigenvalue weighted by molar-refractivity contribution is 7.11. The van der Waals surface area contributed by atoms with E-state index in [0.29, 0.717) is 0 Å². The van der Waals surface area contributed by atoms with Gasteiger partial charge in [0.15, 0.2) is 0 Å². The number of methoxy groups -OCH3 is 1. The molecule has 1 N–H and O–H groups in total. The molecule has 0 saturated heterocycles. The van der Waals surface area contributed by atoms with Gasteiger partial charge in [-0.15, -0.1) is 21.5 Å². The van der Waals surface area contributed by atoms with Gasteiger partial charge in [0.25, 0.3) is 0 Å². The summed E-state index contributed by atoms with van der Waals surface area (Å²) in [6.45, 7) is 1.76. The molecule has 84 valence electrons. The summed E-state index contributed by atoms with van der Waals surface area (Å²) in [5, 5.41) is 14.0. The Balaban J connectivity index is 1.68. The molecular formula is C10H17N3OS. The van der Waals surface area contributed by atoms with Crippen LogP contribution in [0.1, 0.15) is 22.9 Å². The van der Waals surface area contributed by atoms with Crippen molar-refractivity contribution in [1.29, 1.82) is 0 Å². The minimum Gasteiger partial charge on any atom is -0.384 e. The maximum absolute atomic E-state index is 5.00. The predicted octanol–water partition coefficient (Wildman–Crippen LogP) is 1.02. The van der Waals surface area contributed by atoms with Gasteiger partial charge in [0.1, 0.15) is 10.0 Å². The van der Waals surface area contributed by atoms with Crippen LogP contribution in [0.3, 0.4) is 0 Å². The first-order valence-electron chi connectivity index (χ1n) is 5.42. The van der Waals surface area contributed by atoms with Crippen LogP contribution in [-0.4, -0.2) is 36.5 Å². The first-order valence-corrected chi connectivity index (χ1v) is 6.23. The highest BCUT2D eigenvalue weighted by Gasteiger charge is 2.19. The van der Waals surface area contributed by atoms with Crippen LogP contribution in [0.2, 0.25) is 0 Å². The zero-order valence-corrected chi connectivity index (χ0v) is 9.85. The summed E-state index contributed by atoms with van der Waals surface area (Å²) in [6, 6.07) is 0.783. The van der Waals surface area contributed by atoms with E-state index >= 15 is 0 Å². The molecule has 0 bridgehead atoms. The Kier molecular flexibility index (Phi) is 4.05.